The first kappa shape index (κ1) is 16.3. The standard InChI is InChI=1S/C19H16ClNO3/c1-24-19(23)15-12-21(17-9-5-3-7-14(15)17)18(22)11-10-13-6-2-4-8-16(13)20/h2-9,12H,10-11H2,1H3. The van der Waals surface area contributed by atoms with Gasteiger partial charge in [-0.25, -0.2) is 4.79 Å². The number of halogens is 1. The van der Waals surface area contributed by atoms with Gasteiger partial charge in [0.2, 0.25) is 5.91 Å². The number of rotatable bonds is 4. The minimum atomic E-state index is -0.455. The number of ether oxygens (including phenoxy) is 1. The average molecular weight is 342 g/mol. The van der Waals surface area contributed by atoms with Crippen molar-refractivity contribution >= 4 is 34.4 Å². The first-order valence-corrected chi connectivity index (χ1v) is 7.94. The van der Waals surface area contributed by atoms with Crippen LogP contribution < -0.4 is 0 Å². The third-order valence-electron chi connectivity index (χ3n) is 3.95. The third-order valence-corrected chi connectivity index (χ3v) is 4.32. The van der Waals surface area contributed by atoms with Crippen molar-refractivity contribution in [3.63, 3.8) is 0 Å². The van der Waals surface area contributed by atoms with Crippen molar-refractivity contribution in [2.45, 2.75) is 12.8 Å². The molecule has 0 saturated heterocycles. The number of aryl methyl sites for hydroxylation is 1. The van der Waals surface area contributed by atoms with Gasteiger partial charge in [0.05, 0.1) is 18.2 Å². The summed E-state index contributed by atoms with van der Waals surface area (Å²) in [5.41, 5.74) is 2.01. The number of methoxy groups -OCH3 is 1. The minimum Gasteiger partial charge on any atom is -0.465 e. The Morgan fingerprint density at radius 3 is 2.54 bits per heavy atom. The van der Waals surface area contributed by atoms with E-state index in [1.165, 1.54) is 11.7 Å². The van der Waals surface area contributed by atoms with Gasteiger partial charge in [-0.05, 0) is 24.1 Å². The van der Waals surface area contributed by atoms with Crippen LogP contribution in [0.5, 0.6) is 0 Å². The Morgan fingerprint density at radius 2 is 1.79 bits per heavy atom. The number of carbonyl (C=O) groups is 2. The summed E-state index contributed by atoms with van der Waals surface area (Å²) < 4.78 is 6.31. The fourth-order valence-corrected chi connectivity index (χ4v) is 2.95. The van der Waals surface area contributed by atoms with Crippen LogP contribution in [0.3, 0.4) is 0 Å². The maximum Gasteiger partial charge on any atom is 0.340 e. The molecule has 1 heterocycles. The number of nitrogens with zero attached hydrogens (tertiary/aromatic N) is 1. The van der Waals surface area contributed by atoms with Crippen LogP contribution in [0.2, 0.25) is 5.02 Å². The zero-order valence-electron chi connectivity index (χ0n) is 13.2. The number of carbonyl (C=O) groups excluding carboxylic acids is 2. The summed E-state index contributed by atoms with van der Waals surface area (Å²) in [5.74, 6) is -0.551. The highest BCUT2D eigenvalue weighted by molar-refractivity contribution is 6.31. The predicted octanol–water partition coefficient (Wildman–Crippen LogP) is 4.35. The van der Waals surface area contributed by atoms with Crippen LogP contribution in [0.4, 0.5) is 0 Å². The van der Waals surface area contributed by atoms with Crippen molar-refractivity contribution in [2.24, 2.45) is 0 Å². The van der Waals surface area contributed by atoms with Gasteiger partial charge in [-0.15, -0.1) is 0 Å². The van der Waals surface area contributed by atoms with E-state index in [-0.39, 0.29) is 5.91 Å². The number of hydrogen-bond acceptors (Lipinski definition) is 3. The molecule has 122 valence electrons. The highest BCUT2D eigenvalue weighted by atomic mass is 35.5. The maximum absolute atomic E-state index is 12.6. The number of aromatic nitrogens is 1. The van der Waals surface area contributed by atoms with Crippen LogP contribution in [0, 0.1) is 0 Å². The normalized spacial score (nSPS) is 10.8. The monoisotopic (exact) mass is 341 g/mol. The molecule has 0 fully saturated rings. The molecule has 4 nitrogen and oxygen atoms in total. The predicted molar refractivity (Wildman–Crippen MR) is 93.7 cm³/mol. The van der Waals surface area contributed by atoms with Crippen molar-refractivity contribution in [2.75, 3.05) is 7.11 Å². The van der Waals surface area contributed by atoms with Gasteiger partial charge in [0, 0.05) is 23.0 Å². The van der Waals surface area contributed by atoms with Gasteiger partial charge in [0.15, 0.2) is 0 Å². The SMILES string of the molecule is COC(=O)c1cn(C(=O)CCc2ccccc2Cl)c2ccccc12. The van der Waals surface area contributed by atoms with E-state index < -0.39 is 5.97 Å². The lowest BCUT2D eigenvalue weighted by Gasteiger charge is -2.05. The smallest absolute Gasteiger partial charge is 0.340 e. The lowest BCUT2D eigenvalue weighted by atomic mass is 10.1. The molecule has 0 aliphatic rings. The topological polar surface area (TPSA) is 48.3 Å². The van der Waals surface area contributed by atoms with Crippen molar-refractivity contribution < 1.29 is 14.3 Å². The molecule has 0 atom stereocenters. The van der Waals surface area contributed by atoms with E-state index in [2.05, 4.69) is 0 Å². The summed E-state index contributed by atoms with van der Waals surface area (Å²) >= 11 is 6.13. The molecule has 3 rings (SSSR count). The minimum absolute atomic E-state index is 0.0960. The molecule has 3 aromatic rings. The molecule has 5 heteroatoms. The van der Waals surface area contributed by atoms with Crippen LogP contribution in [-0.2, 0) is 11.2 Å². The van der Waals surface area contributed by atoms with Crippen LogP contribution >= 0.6 is 11.6 Å². The fraction of sp³-hybridized carbons (Fsp3) is 0.158. The van der Waals surface area contributed by atoms with E-state index in [0.29, 0.717) is 34.3 Å². The van der Waals surface area contributed by atoms with Crippen molar-refractivity contribution in [3.8, 4) is 0 Å². The molecule has 0 saturated carbocycles. The number of hydrogen-bond donors (Lipinski definition) is 0. The molecule has 0 aliphatic heterocycles. The summed E-state index contributed by atoms with van der Waals surface area (Å²) in [6.45, 7) is 0. The largest absolute Gasteiger partial charge is 0.465 e. The number of esters is 1. The Morgan fingerprint density at radius 1 is 1.08 bits per heavy atom. The molecule has 0 amide bonds. The van der Waals surface area contributed by atoms with Gasteiger partial charge in [0.25, 0.3) is 0 Å². The molecule has 2 aromatic carbocycles. The first-order chi connectivity index (χ1) is 11.6. The molecule has 0 radical (unpaired) electrons. The lowest BCUT2D eigenvalue weighted by Crippen LogP contribution is -2.10. The molecule has 24 heavy (non-hydrogen) atoms. The van der Waals surface area contributed by atoms with Crippen molar-refractivity contribution in [1.82, 2.24) is 4.57 Å². The second kappa shape index (κ2) is 6.89. The Labute approximate surface area is 144 Å². The zero-order valence-corrected chi connectivity index (χ0v) is 13.9. The Hall–Kier alpha value is -2.59. The van der Waals surface area contributed by atoms with Crippen LogP contribution in [0.1, 0.15) is 27.1 Å². The van der Waals surface area contributed by atoms with Gasteiger partial charge < -0.3 is 4.74 Å². The van der Waals surface area contributed by atoms with E-state index in [1.54, 1.807) is 12.3 Å². The molecular weight excluding hydrogens is 326 g/mol. The lowest BCUT2D eigenvalue weighted by molar-refractivity contribution is 0.0603. The summed E-state index contributed by atoms with van der Waals surface area (Å²) in [7, 11) is 1.33. The van der Waals surface area contributed by atoms with E-state index in [4.69, 9.17) is 16.3 Å². The van der Waals surface area contributed by atoms with Gasteiger partial charge in [-0.1, -0.05) is 48.0 Å². The van der Waals surface area contributed by atoms with E-state index in [0.717, 1.165) is 5.56 Å². The molecule has 0 bridgehead atoms. The zero-order chi connectivity index (χ0) is 17.1. The van der Waals surface area contributed by atoms with E-state index >= 15 is 0 Å². The van der Waals surface area contributed by atoms with Gasteiger partial charge >= 0.3 is 5.97 Å². The summed E-state index contributed by atoms with van der Waals surface area (Å²) in [4.78, 5) is 24.6. The van der Waals surface area contributed by atoms with Crippen molar-refractivity contribution in [3.05, 3.63) is 70.9 Å². The average Bonchev–Trinajstić information content (AvgIpc) is 3.00. The van der Waals surface area contributed by atoms with E-state index in [9.17, 15) is 9.59 Å². The summed E-state index contributed by atoms with van der Waals surface area (Å²) in [6, 6.07) is 14.7. The Bertz CT molecular complexity index is 914. The maximum atomic E-state index is 12.6. The third kappa shape index (κ3) is 3.05. The summed E-state index contributed by atoms with van der Waals surface area (Å²) in [5, 5.41) is 1.35. The van der Waals surface area contributed by atoms with Gasteiger partial charge in [0.1, 0.15) is 0 Å². The quantitative estimate of drug-likeness (QED) is 0.663. The van der Waals surface area contributed by atoms with Crippen molar-refractivity contribution in [1.29, 1.82) is 0 Å². The fourth-order valence-electron chi connectivity index (χ4n) is 2.72. The van der Waals surface area contributed by atoms with Gasteiger partial charge in [-0.3, -0.25) is 9.36 Å². The first-order valence-electron chi connectivity index (χ1n) is 7.57. The van der Waals surface area contributed by atoms with Crippen LogP contribution in [-0.4, -0.2) is 23.6 Å². The highest BCUT2D eigenvalue weighted by Gasteiger charge is 2.18. The Kier molecular flexibility index (Phi) is 4.67. The molecule has 1 aromatic heterocycles. The number of para-hydroxylation sites is 1. The second-order valence-corrected chi connectivity index (χ2v) is 5.81. The number of fused-ring (bicyclic) bond motifs is 1. The molecule has 0 N–H and O–H groups in total. The molecule has 0 aliphatic carbocycles. The molecule has 0 unspecified atom stereocenters. The summed E-state index contributed by atoms with van der Waals surface area (Å²) in [6.07, 6.45) is 2.38. The number of benzene rings is 2. The van der Waals surface area contributed by atoms with Gasteiger partial charge in [-0.2, -0.15) is 0 Å². The highest BCUT2D eigenvalue weighted by Crippen LogP contribution is 2.23. The second-order valence-electron chi connectivity index (χ2n) is 5.41. The molecule has 0 spiro atoms. The Balaban J connectivity index is 1.90. The van der Waals surface area contributed by atoms with Crippen LogP contribution in [0.25, 0.3) is 10.9 Å². The van der Waals surface area contributed by atoms with Crippen LogP contribution in [0.15, 0.2) is 54.7 Å². The van der Waals surface area contributed by atoms with E-state index in [1.807, 2.05) is 42.5 Å². The molecular formula is C19H16ClNO3.